The van der Waals surface area contributed by atoms with Crippen molar-refractivity contribution in [2.75, 3.05) is 0 Å². The lowest BCUT2D eigenvalue weighted by molar-refractivity contribution is -0.385. The van der Waals surface area contributed by atoms with Crippen LogP contribution in [-0.4, -0.2) is 21.4 Å². The van der Waals surface area contributed by atoms with Crippen molar-refractivity contribution < 1.29 is 14.5 Å². The van der Waals surface area contributed by atoms with Gasteiger partial charge in [0.05, 0.1) is 4.92 Å². The summed E-state index contributed by atoms with van der Waals surface area (Å²) in [5, 5.41) is 11.0. The molecule has 2 heterocycles. The molecule has 0 atom stereocenters. The van der Waals surface area contributed by atoms with E-state index in [2.05, 4.69) is 4.99 Å². The lowest BCUT2D eigenvalue weighted by Gasteiger charge is -2.01. The van der Waals surface area contributed by atoms with Crippen molar-refractivity contribution in [2.24, 2.45) is 12.0 Å². The number of nitrogens with zero attached hydrogens (tertiary/aromatic N) is 3. The van der Waals surface area contributed by atoms with Crippen LogP contribution in [0.5, 0.6) is 0 Å². The maximum atomic E-state index is 11.9. The van der Waals surface area contributed by atoms with Crippen molar-refractivity contribution in [3.05, 3.63) is 69.2 Å². The van der Waals surface area contributed by atoms with Crippen LogP contribution in [0.4, 0.5) is 5.69 Å². The predicted octanol–water partition coefficient (Wildman–Crippen LogP) is 2.59. The van der Waals surface area contributed by atoms with Gasteiger partial charge >= 0.3 is 5.97 Å². The van der Waals surface area contributed by atoms with Gasteiger partial charge in [0.2, 0.25) is 5.90 Å². The summed E-state index contributed by atoms with van der Waals surface area (Å²) >= 11 is 0. The Labute approximate surface area is 131 Å². The van der Waals surface area contributed by atoms with Gasteiger partial charge in [-0.1, -0.05) is 6.07 Å². The Bertz CT molecular complexity index is 877. The second kappa shape index (κ2) is 5.53. The molecule has 0 spiro atoms. The molecule has 0 N–H and O–H groups in total. The number of esters is 1. The van der Waals surface area contributed by atoms with Gasteiger partial charge in [0.25, 0.3) is 5.69 Å². The fourth-order valence-electron chi connectivity index (χ4n) is 2.24. The Kier molecular flexibility index (Phi) is 3.53. The van der Waals surface area contributed by atoms with Crippen LogP contribution in [0, 0.1) is 17.0 Å². The molecule has 1 aromatic heterocycles. The third-order valence-corrected chi connectivity index (χ3v) is 3.54. The average molecular weight is 311 g/mol. The molecule has 0 saturated carbocycles. The highest BCUT2D eigenvalue weighted by molar-refractivity contribution is 6.13. The van der Waals surface area contributed by atoms with Gasteiger partial charge in [0, 0.05) is 36.1 Å². The van der Waals surface area contributed by atoms with E-state index in [0.29, 0.717) is 11.1 Å². The van der Waals surface area contributed by atoms with E-state index in [1.165, 1.54) is 6.07 Å². The van der Waals surface area contributed by atoms with Gasteiger partial charge in [0.15, 0.2) is 5.70 Å². The number of aryl methyl sites for hydroxylation is 2. The van der Waals surface area contributed by atoms with Crippen molar-refractivity contribution in [3.63, 3.8) is 0 Å². The van der Waals surface area contributed by atoms with Crippen LogP contribution in [0.1, 0.15) is 16.8 Å². The molecule has 23 heavy (non-hydrogen) atoms. The largest absolute Gasteiger partial charge is 0.402 e. The molecule has 0 unspecified atom stereocenters. The number of ether oxygens (including phenoxy) is 1. The van der Waals surface area contributed by atoms with Gasteiger partial charge in [-0.25, -0.2) is 9.79 Å². The van der Waals surface area contributed by atoms with Gasteiger partial charge in [-0.2, -0.15) is 0 Å². The summed E-state index contributed by atoms with van der Waals surface area (Å²) in [7, 11) is 1.85. The number of aromatic nitrogens is 1. The molecule has 1 aromatic carbocycles. The van der Waals surface area contributed by atoms with Crippen LogP contribution in [0.2, 0.25) is 0 Å². The zero-order chi connectivity index (χ0) is 16.6. The zero-order valence-corrected chi connectivity index (χ0v) is 12.5. The van der Waals surface area contributed by atoms with Crippen molar-refractivity contribution in [1.29, 1.82) is 0 Å². The minimum absolute atomic E-state index is 0.0406. The first-order valence-corrected chi connectivity index (χ1v) is 6.85. The highest BCUT2D eigenvalue weighted by atomic mass is 16.6. The number of nitro groups is 1. The molecular formula is C16H13N3O4. The number of benzene rings is 1. The normalized spacial score (nSPS) is 15.7. The topological polar surface area (TPSA) is 86.7 Å². The molecule has 0 fully saturated rings. The van der Waals surface area contributed by atoms with E-state index in [1.54, 1.807) is 25.1 Å². The Morgan fingerprint density at radius 2 is 2.13 bits per heavy atom. The fraction of sp³-hybridized carbons (Fsp3) is 0.125. The summed E-state index contributed by atoms with van der Waals surface area (Å²) < 4.78 is 6.97. The Morgan fingerprint density at radius 3 is 2.78 bits per heavy atom. The molecule has 1 aliphatic rings. The first-order valence-electron chi connectivity index (χ1n) is 6.85. The highest BCUT2D eigenvalue weighted by Crippen LogP contribution is 2.24. The standard InChI is InChI=1S/C16H13N3O4/c1-10-5-6-11(8-14(10)19(21)22)15-17-13(16(20)23-15)9-12-4-3-7-18(12)2/h3-9H,1-2H3. The molecule has 7 nitrogen and oxygen atoms in total. The number of hydrogen-bond donors (Lipinski definition) is 0. The van der Waals surface area contributed by atoms with Crippen molar-refractivity contribution in [1.82, 2.24) is 4.57 Å². The second-order valence-electron chi connectivity index (χ2n) is 5.14. The quantitative estimate of drug-likeness (QED) is 0.377. The SMILES string of the molecule is Cc1ccc(C2=NC(=Cc3cccn3C)C(=O)O2)cc1[N+](=O)[O-]. The van der Waals surface area contributed by atoms with Gasteiger partial charge in [-0.15, -0.1) is 0 Å². The van der Waals surface area contributed by atoms with Gasteiger partial charge in [0.1, 0.15) is 0 Å². The van der Waals surface area contributed by atoms with Crippen LogP contribution >= 0.6 is 0 Å². The van der Waals surface area contributed by atoms with E-state index in [4.69, 9.17) is 4.74 Å². The number of aliphatic imine (C=N–C) groups is 1. The summed E-state index contributed by atoms with van der Waals surface area (Å²) in [6.07, 6.45) is 3.46. The highest BCUT2D eigenvalue weighted by Gasteiger charge is 2.26. The molecule has 0 saturated heterocycles. The molecule has 116 valence electrons. The molecule has 2 aromatic rings. The van der Waals surface area contributed by atoms with Gasteiger partial charge < -0.3 is 9.30 Å². The van der Waals surface area contributed by atoms with Crippen molar-refractivity contribution in [3.8, 4) is 0 Å². The lowest BCUT2D eigenvalue weighted by Crippen LogP contribution is -2.06. The van der Waals surface area contributed by atoms with E-state index in [0.717, 1.165) is 5.69 Å². The minimum atomic E-state index is -0.579. The van der Waals surface area contributed by atoms with Crippen molar-refractivity contribution >= 4 is 23.6 Å². The van der Waals surface area contributed by atoms with Crippen molar-refractivity contribution in [2.45, 2.75) is 6.92 Å². The molecule has 7 heteroatoms. The number of rotatable bonds is 3. The number of carbonyl (C=O) groups excluding carboxylic acids is 1. The monoisotopic (exact) mass is 311 g/mol. The van der Waals surface area contributed by atoms with E-state index < -0.39 is 10.9 Å². The number of cyclic esters (lactones) is 1. The number of nitro benzene ring substituents is 1. The van der Waals surface area contributed by atoms with E-state index >= 15 is 0 Å². The summed E-state index contributed by atoms with van der Waals surface area (Å²) in [4.78, 5) is 26.6. The van der Waals surface area contributed by atoms with E-state index in [-0.39, 0.29) is 17.3 Å². The average Bonchev–Trinajstić information content (AvgIpc) is 3.07. The molecule has 3 rings (SSSR count). The third-order valence-electron chi connectivity index (χ3n) is 3.54. The molecule has 0 amide bonds. The lowest BCUT2D eigenvalue weighted by atomic mass is 10.1. The molecule has 1 aliphatic heterocycles. The maximum absolute atomic E-state index is 11.9. The minimum Gasteiger partial charge on any atom is -0.402 e. The van der Waals surface area contributed by atoms with Crippen LogP contribution in [-0.2, 0) is 16.6 Å². The number of hydrogen-bond acceptors (Lipinski definition) is 5. The van der Waals surface area contributed by atoms with Crippen LogP contribution < -0.4 is 0 Å². The Hall–Kier alpha value is -3.22. The first kappa shape index (κ1) is 14.7. The first-order chi connectivity index (χ1) is 11.0. The van der Waals surface area contributed by atoms with E-state index in [1.807, 2.05) is 29.9 Å². The smallest absolute Gasteiger partial charge is 0.363 e. The Balaban J connectivity index is 1.99. The van der Waals surface area contributed by atoms with Gasteiger partial charge in [-0.05, 0) is 31.2 Å². The summed E-state index contributed by atoms with van der Waals surface area (Å²) in [5.74, 6) is -0.511. The van der Waals surface area contributed by atoms with Gasteiger partial charge in [-0.3, -0.25) is 10.1 Å². The van der Waals surface area contributed by atoms with Crippen LogP contribution in [0.25, 0.3) is 6.08 Å². The van der Waals surface area contributed by atoms with Crippen LogP contribution in [0.15, 0.2) is 47.2 Å². The summed E-state index contributed by atoms with van der Waals surface area (Å²) in [6, 6.07) is 8.28. The number of carbonyl (C=O) groups is 1. The van der Waals surface area contributed by atoms with Crippen LogP contribution in [0.3, 0.4) is 0 Å². The summed E-state index contributed by atoms with van der Waals surface area (Å²) in [6.45, 7) is 1.64. The van der Waals surface area contributed by atoms with E-state index in [9.17, 15) is 14.9 Å². The third kappa shape index (κ3) is 2.76. The second-order valence-corrected chi connectivity index (χ2v) is 5.14. The summed E-state index contributed by atoms with van der Waals surface area (Å²) in [5.41, 5.74) is 1.84. The zero-order valence-electron chi connectivity index (χ0n) is 12.5. The molecular weight excluding hydrogens is 298 g/mol. The predicted molar refractivity (Wildman–Crippen MR) is 83.9 cm³/mol. The Morgan fingerprint density at radius 1 is 1.35 bits per heavy atom. The molecule has 0 radical (unpaired) electrons. The fourth-order valence-corrected chi connectivity index (χ4v) is 2.24. The maximum Gasteiger partial charge on any atom is 0.363 e. The molecule has 0 aliphatic carbocycles. The molecule has 0 bridgehead atoms.